The van der Waals surface area contributed by atoms with Crippen molar-refractivity contribution in [1.29, 1.82) is 0 Å². The van der Waals surface area contributed by atoms with Crippen molar-refractivity contribution in [3.63, 3.8) is 0 Å². The minimum absolute atomic E-state index is 0.0771. The molecule has 0 heterocycles. The van der Waals surface area contributed by atoms with E-state index in [-0.39, 0.29) is 17.7 Å². The number of nitrogens with zero attached hydrogens (tertiary/aromatic N) is 1. The molecule has 0 saturated heterocycles. The molecule has 0 spiro atoms. The van der Waals surface area contributed by atoms with Crippen molar-refractivity contribution >= 4 is 11.8 Å². The predicted octanol–water partition coefficient (Wildman–Crippen LogP) is 3.57. The van der Waals surface area contributed by atoms with Gasteiger partial charge in [0.15, 0.2) is 0 Å². The summed E-state index contributed by atoms with van der Waals surface area (Å²) in [4.78, 5) is 28.0. The lowest BCUT2D eigenvalue weighted by molar-refractivity contribution is -0.144. The van der Waals surface area contributed by atoms with Crippen molar-refractivity contribution in [2.75, 3.05) is 27.4 Å². The number of methoxy groups -OCH3 is 2. The Bertz CT molecular complexity index is 791. The average molecular weight is 413 g/mol. The fraction of sp³-hybridized carbons (Fsp3) is 0.417. The Hall–Kier alpha value is -2.86. The second-order valence-electron chi connectivity index (χ2n) is 7.42. The molecule has 0 aliphatic rings. The van der Waals surface area contributed by atoms with E-state index in [1.807, 2.05) is 68.4 Å². The van der Waals surface area contributed by atoms with Gasteiger partial charge >= 0.3 is 0 Å². The first-order valence-electron chi connectivity index (χ1n) is 10.2. The summed E-state index contributed by atoms with van der Waals surface area (Å²) in [5.41, 5.74) is 1.71. The molecule has 0 radical (unpaired) electrons. The van der Waals surface area contributed by atoms with Gasteiger partial charge in [-0.3, -0.25) is 9.59 Å². The standard InChI is InChI=1S/C24H32N2O4/c1-18(2)24(28)26(17-19-11-13-21(30-4)14-12-19)22(20-9-6-5-7-10-20)23(27)25-15-8-16-29-3/h5-7,9-14,18,22H,8,15-17H2,1-4H3,(H,25,27). The van der Waals surface area contributed by atoms with Gasteiger partial charge in [0.25, 0.3) is 0 Å². The van der Waals surface area contributed by atoms with Crippen LogP contribution in [0.25, 0.3) is 0 Å². The van der Waals surface area contributed by atoms with Gasteiger partial charge in [-0.05, 0) is 29.7 Å². The highest BCUT2D eigenvalue weighted by Crippen LogP contribution is 2.26. The molecule has 2 aromatic rings. The minimum Gasteiger partial charge on any atom is -0.497 e. The first-order chi connectivity index (χ1) is 14.5. The van der Waals surface area contributed by atoms with Crippen LogP contribution < -0.4 is 10.1 Å². The number of hydrogen-bond acceptors (Lipinski definition) is 4. The maximum Gasteiger partial charge on any atom is 0.247 e. The summed E-state index contributed by atoms with van der Waals surface area (Å²) in [7, 11) is 3.25. The molecule has 30 heavy (non-hydrogen) atoms. The van der Waals surface area contributed by atoms with Gasteiger partial charge in [0.2, 0.25) is 11.8 Å². The number of carbonyl (C=O) groups is 2. The fourth-order valence-corrected chi connectivity index (χ4v) is 3.19. The third-order valence-electron chi connectivity index (χ3n) is 4.79. The van der Waals surface area contributed by atoms with Crippen molar-refractivity contribution in [3.05, 3.63) is 65.7 Å². The van der Waals surface area contributed by atoms with E-state index >= 15 is 0 Å². The van der Waals surface area contributed by atoms with Crippen molar-refractivity contribution in [1.82, 2.24) is 10.2 Å². The summed E-state index contributed by atoms with van der Waals surface area (Å²) in [6, 6.07) is 16.3. The molecular weight excluding hydrogens is 380 g/mol. The van der Waals surface area contributed by atoms with Gasteiger partial charge in [0, 0.05) is 32.7 Å². The molecule has 0 aliphatic carbocycles. The number of rotatable bonds is 11. The van der Waals surface area contributed by atoms with Gasteiger partial charge in [0.05, 0.1) is 7.11 Å². The maximum absolute atomic E-state index is 13.2. The van der Waals surface area contributed by atoms with Crippen molar-refractivity contribution < 1.29 is 19.1 Å². The summed E-state index contributed by atoms with van der Waals surface area (Å²) in [6.07, 6.45) is 0.709. The highest BCUT2D eigenvalue weighted by Gasteiger charge is 2.32. The Kier molecular flexibility index (Phi) is 9.35. The Balaban J connectivity index is 2.35. The van der Waals surface area contributed by atoms with Crippen LogP contribution in [0.4, 0.5) is 0 Å². The largest absolute Gasteiger partial charge is 0.497 e. The second-order valence-corrected chi connectivity index (χ2v) is 7.42. The van der Waals surface area contributed by atoms with Crippen LogP contribution in [0.5, 0.6) is 5.75 Å². The molecule has 0 aliphatic heterocycles. The van der Waals surface area contributed by atoms with E-state index in [1.54, 1.807) is 19.1 Å². The van der Waals surface area contributed by atoms with Crippen LogP contribution in [0.1, 0.15) is 37.4 Å². The quantitative estimate of drug-likeness (QED) is 0.573. The highest BCUT2D eigenvalue weighted by molar-refractivity contribution is 5.89. The average Bonchev–Trinajstić information content (AvgIpc) is 2.77. The summed E-state index contributed by atoms with van der Waals surface area (Å²) in [6.45, 7) is 5.08. The molecule has 0 aromatic heterocycles. The maximum atomic E-state index is 13.2. The molecule has 162 valence electrons. The highest BCUT2D eigenvalue weighted by atomic mass is 16.5. The normalized spacial score (nSPS) is 11.8. The summed E-state index contributed by atoms with van der Waals surface area (Å²) >= 11 is 0. The van der Waals surface area contributed by atoms with Gasteiger partial charge in [-0.25, -0.2) is 0 Å². The third-order valence-corrected chi connectivity index (χ3v) is 4.79. The summed E-state index contributed by atoms with van der Waals surface area (Å²) in [5, 5.41) is 2.96. The van der Waals surface area contributed by atoms with Gasteiger partial charge < -0.3 is 19.7 Å². The van der Waals surface area contributed by atoms with E-state index in [9.17, 15) is 9.59 Å². The zero-order valence-corrected chi connectivity index (χ0v) is 18.3. The Morgan fingerprint density at radius 3 is 2.23 bits per heavy atom. The molecule has 0 fully saturated rings. The van der Waals surface area contributed by atoms with Crippen molar-refractivity contribution in [2.24, 2.45) is 5.92 Å². The lowest BCUT2D eigenvalue weighted by Crippen LogP contribution is -2.45. The lowest BCUT2D eigenvalue weighted by Gasteiger charge is -2.33. The van der Waals surface area contributed by atoms with Gasteiger partial charge in [-0.2, -0.15) is 0 Å². The molecule has 6 nitrogen and oxygen atoms in total. The molecule has 6 heteroatoms. The molecule has 0 saturated carbocycles. The number of ether oxygens (including phenoxy) is 2. The van der Waals surface area contributed by atoms with E-state index in [4.69, 9.17) is 9.47 Å². The number of carbonyl (C=O) groups excluding carboxylic acids is 2. The molecule has 1 unspecified atom stereocenters. The van der Waals surface area contributed by atoms with Crippen LogP contribution in [-0.4, -0.2) is 44.1 Å². The third kappa shape index (κ3) is 6.59. The molecule has 0 bridgehead atoms. The zero-order chi connectivity index (χ0) is 21.9. The van der Waals surface area contributed by atoms with Crippen LogP contribution in [0.3, 0.4) is 0 Å². The zero-order valence-electron chi connectivity index (χ0n) is 18.3. The molecule has 1 atom stereocenters. The van der Waals surface area contributed by atoms with Gasteiger partial charge in [-0.1, -0.05) is 56.3 Å². The summed E-state index contributed by atoms with van der Waals surface area (Å²) < 4.78 is 10.3. The SMILES string of the molecule is COCCCNC(=O)C(c1ccccc1)N(Cc1ccc(OC)cc1)C(=O)C(C)C. The molecule has 2 rings (SSSR count). The second kappa shape index (κ2) is 12.0. The van der Waals surface area contributed by atoms with Crippen LogP contribution in [0, 0.1) is 5.92 Å². The Morgan fingerprint density at radius 2 is 1.67 bits per heavy atom. The van der Waals surface area contributed by atoms with E-state index < -0.39 is 6.04 Å². The monoisotopic (exact) mass is 412 g/mol. The van der Waals surface area contributed by atoms with Crippen molar-refractivity contribution in [3.8, 4) is 5.75 Å². The smallest absolute Gasteiger partial charge is 0.247 e. The van der Waals surface area contributed by atoms with Crippen LogP contribution in [0.2, 0.25) is 0 Å². The lowest BCUT2D eigenvalue weighted by atomic mass is 10.0. The topological polar surface area (TPSA) is 67.9 Å². The first-order valence-corrected chi connectivity index (χ1v) is 10.2. The molecule has 2 aromatic carbocycles. The number of nitrogens with one attached hydrogen (secondary N) is 1. The van der Waals surface area contributed by atoms with E-state index in [2.05, 4.69) is 5.32 Å². The van der Waals surface area contributed by atoms with Crippen LogP contribution in [0.15, 0.2) is 54.6 Å². The van der Waals surface area contributed by atoms with E-state index in [0.29, 0.717) is 26.1 Å². The Morgan fingerprint density at radius 1 is 1.00 bits per heavy atom. The van der Waals surface area contributed by atoms with Gasteiger partial charge in [0.1, 0.15) is 11.8 Å². The summed E-state index contributed by atoms with van der Waals surface area (Å²) in [5.74, 6) is 0.235. The molecule has 1 N–H and O–H groups in total. The van der Waals surface area contributed by atoms with Crippen LogP contribution >= 0.6 is 0 Å². The number of benzene rings is 2. The predicted molar refractivity (Wildman–Crippen MR) is 117 cm³/mol. The van der Waals surface area contributed by atoms with Crippen molar-refractivity contribution in [2.45, 2.75) is 32.9 Å². The van der Waals surface area contributed by atoms with E-state index in [1.165, 1.54) is 0 Å². The fourth-order valence-electron chi connectivity index (χ4n) is 3.19. The first kappa shape index (κ1) is 23.4. The van der Waals surface area contributed by atoms with E-state index in [0.717, 1.165) is 16.9 Å². The number of amides is 2. The minimum atomic E-state index is -0.717. The Labute approximate surface area is 179 Å². The van der Waals surface area contributed by atoms with Crippen LogP contribution in [-0.2, 0) is 20.9 Å². The molecular formula is C24H32N2O4. The number of hydrogen-bond donors (Lipinski definition) is 1. The van der Waals surface area contributed by atoms with Gasteiger partial charge in [-0.15, -0.1) is 0 Å². The molecule has 2 amide bonds.